The average Bonchev–Trinajstić information content (AvgIpc) is 3.50. The lowest BCUT2D eigenvalue weighted by molar-refractivity contribution is 0.0952. The number of benzene rings is 2. The summed E-state index contributed by atoms with van der Waals surface area (Å²) in [6.07, 6.45) is 1.21. The smallest absolute Gasteiger partial charge is 0.232 e. The van der Waals surface area contributed by atoms with Crippen molar-refractivity contribution in [1.29, 1.82) is 0 Å². The Hall–Kier alpha value is -4.51. The number of ether oxygens (including phenoxy) is 1. The number of aromatic nitrogens is 2. The van der Waals surface area contributed by atoms with Gasteiger partial charge in [-0.2, -0.15) is 0 Å². The second-order valence-electron chi connectivity index (χ2n) is 9.68. The van der Waals surface area contributed by atoms with E-state index in [0.717, 1.165) is 10.6 Å². The molecule has 0 bridgehead atoms. The first-order valence-electron chi connectivity index (χ1n) is 12.5. The van der Waals surface area contributed by atoms with Gasteiger partial charge in [-0.05, 0) is 36.4 Å². The van der Waals surface area contributed by atoms with E-state index in [2.05, 4.69) is 0 Å². The largest absolute Gasteiger partial charge is 0.470 e. The third kappa shape index (κ3) is 3.88. The molecule has 0 amide bonds. The summed E-state index contributed by atoms with van der Waals surface area (Å²) in [6.45, 7) is 3.17. The third-order valence-corrected chi connectivity index (χ3v) is 8.37. The molecule has 5 aromatic rings. The first-order chi connectivity index (χ1) is 19.0. The van der Waals surface area contributed by atoms with Crippen molar-refractivity contribution in [2.24, 2.45) is 0 Å². The second kappa shape index (κ2) is 9.02. The Morgan fingerprint density at radius 1 is 1.12 bits per heavy atom. The maximum Gasteiger partial charge on any atom is 0.232 e. The van der Waals surface area contributed by atoms with Crippen LogP contribution in [0.3, 0.4) is 0 Å². The Labute approximate surface area is 228 Å². The molecule has 11 heteroatoms. The van der Waals surface area contributed by atoms with Crippen LogP contribution in [-0.2, 0) is 16.8 Å². The van der Waals surface area contributed by atoms with E-state index >= 15 is 0 Å². The zero-order valence-electron chi connectivity index (χ0n) is 22.1. The first kappa shape index (κ1) is 25.8. The topological polar surface area (TPSA) is 112 Å². The van der Waals surface area contributed by atoms with Gasteiger partial charge in [0, 0.05) is 42.8 Å². The number of Topliss-reactive ketones (excluding diaryl/α,β-unsaturated/α-hetero) is 2. The van der Waals surface area contributed by atoms with Crippen molar-refractivity contribution in [1.82, 2.24) is 9.55 Å². The fourth-order valence-electron chi connectivity index (χ4n) is 5.09. The van der Waals surface area contributed by atoms with Crippen LogP contribution < -0.4 is 9.04 Å². The number of ketones is 2. The van der Waals surface area contributed by atoms with Crippen LogP contribution >= 0.6 is 0 Å². The van der Waals surface area contributed by atoms with Crippen LogP contribution in [0.4, 0.5) is 10.1 Å². The first-order valence-corrected chi connectivity index (χ1v) is 14.3. The summed E-state index contributed by atoms with van der Waals surface area (Å²) in [6, 6.07) is 13.0. The van der Waals surface area contributed by atoms with E-state index in [9.17, 15) is 22.4 Å². The fourth-order valence-corrected chi connectivity index (χ4v) is 5.60. The van der Waals surface area contributed by atoms with Gasteiger partial charge in [-0.25, -0.2) is 17.8 Å². The van der Waals surface area contributed by atoms with Crippen LogP contribution in [-0.4, -0.2) is 42.8 Å². The molecular weight excluding hydrogens is 537 g/mol. The quantitative estimate of drug-likeness (QED) is 0.241. The molecule has 1 aliphatic rings. The molecule has 0 unspecified atom stereocenters. The maximum atomic E-state index is 14.6. The number of rotatable bonds is 6. The molecule has 40 heavy (non-hydrogen) atoms. The van der Waals surface area contributed by atoms with Gasteiger partial charge in [-0.3, -0.25) is 13.9 Å². The van der Waals surface area contributed by atoms with Gasteiger partial charge in [0.15, 0.2) is 24.1 Å². The lowest BCUT2D eigenvalue weighted by Gasteiger charge is -2.23. The van der Waals surface area contributed by atoms with Crippen LogP contribution in [0.15, 0.2) is 52.9 Å². The average molecular weight is 562 g/mol. The van der Waals surface area contributed by atoms with E-state index in [-0.39, 0.29) is 47.3 Å². The predicted octanol–water partition coefficient (Wildman–Crippen LogP) is 5.80. The van der Waals surface area contributed by atoms with Crippen molar-refractivity contribution in [3.63, 3.8) is 0 Å². The molecule has 204 valence electrons. The van der Waals surface area contributed by atoms with Gasteiger partial charge < -0.3 is 13.7 Å². The van der Waals surface area contributed by atoms with E-state index in [1.807, 2.05) is 4.57 Å². The van der Waals surface area contributed by atoms with Crippen molar-refractivity contribution < 1.29 is 31.6 Å². The van der Waals surface area contributed by atoms with Gasteiger partial charge >= 0.3 is 0 Å². The Bertz CT molecular complexity index is 2010. The monoisotopic (exact) mass is 561 g/mol. The van der Waals surface area contributed by atoms with Gasteiger partial charge in [-0.15, -0.1) is 0 Å². The summed E-state index contributed by atoms with van der Waals surface area (Å²) in [5.41, 5.74) is 3.12. The number of carbonyl (C=O) groups excluding carboxylic acids is 2. The number of pyridine rings is 1. The number of furan rings is 1. The molecule has 2 aromatic carbocycles. The number of carbonyl (C=O) groups is 2. The highest BCUT2D eigenvalue weighted by atomic mass is 32.2. The van der Waals surface area contributed by atoms with Gasteiger partial charge in [0.05, 0.1) is 34.4 Å². The number of sulfonamides is 1. The number of fused-ring (bicyclic) bond motifs is 6. The van der Waals surface area contributed by atoms with E-state index < -0.39 is 15.8 Å². The summed E-state index contributed by atoms with van der Waals surface area (Å²) in [5.74, 6) is -0.656. The molecule has 0 atom stereocenters. The summed E-state index contributed by atoms with van der Waals surface area (Å²) >= 11 is 0. The summed E-state index contributed by atoms with van der Waals surface area (Å²) < 4.78 is 54.4. The fraction of sp³-hybridized carbons (Fsp3) is 0.207. The van der Waals surface area contributed by atoms with Crippen LogP contribution in [0, 0.1) is 5.82 Å². The van der Waals surface area contributed by atoms with Crippen LogP contribution in [0.2, 0.25) is 0 Å². The molecular formula is C29H24FN3O6S. The Morgan fingerprint density at radius 3 is 2.60 bits per heavy atom. The van der Waals surface area contributed by atoms with Crippen molar-refractivity contribution in [3.05, 3.63) is 65.7 Å². The Balaban J connectivity index is 1.64. The SMILES string of the molecule is CCC(=O)c1c(C(C)=O)oc2cc(N(C)S(C)(=O)=O)c(-c3ccc4c(n3)-c3cc5c(F)cccc5n3CO4)cc12. The van der Waals surface area contributed by atoms with E-state index in [1.165, 1.54) is 26.1 Å². The molecule has 0 fully saturated rings. The Morgan fingerprint density at radius 2 is 1.90 bits per heavy atom. The lowest BCUT2D eigenvalue weighted by atomic mass is 9.99. The molecule has 0 aliphatic carbocycles. The maximum absolute atomic E-state index is 14.6. The molecule has 1 aliphatic heterocycles. The minimum Gasteiger partial charge on any atom is -0.470 e. The van der Waals surface area contributed by atoms with Crippen molar-refractivity contribution in [3.8, 4) is 28.4 Å². The Kier molecular flexibility index (Phi) is 5.81. The highest BCUT2D eigenvalue weighted by molar-refractivity contribution is 7.92. The molecule has 3 aromatic heterocycles. The van der Waals surface area contributed by atoms with Gasteiger partial charge in [0.25, 0.3) is 0 Å². The van der Waals surface area contributed by atoms with Gasteiger partial charge in [0.1, 0.15) is 22.8 Å². The highest BCUT2D eigenvalue weighted by Crippen LogP contribution is 2.42. The standard InChI is InChI=1S/C29H24FN3O6S/c1-5-24(35)27-18-11-17(22(32(3)40(4,36)37)13-26(18)39-29(27)15(2)34)20-9-10-25-28(31-20)23-12-16-19(30)7-6-8-21(16)33(23)14-38-25/h6-13H,5,14H2,1-4H3. The third-order valence-electron chi connectivity index (χ3n) is 7.18. The van der Waals surface area contributed by atoms with Crippen LogP contribution in [0.5, 0.6) is 5.75 Å². The summed E-state index contributed by atoms with van der Waals surface area (Å²) in [5, 5.41) is 0.808. The predicted molar refractivity (Wildman–Crippen MR) is 149 cm³/mol. The summed E-state index contributed by atoms with van der Waals surface area (Å²) in [7, 11) is -2.33. The molecule has 0 spiro atoms. The van der Waals surface area contributed by atoms with E-state index in [4.69, 9.17) is 14.1 Å². The van der Waals surface area contributed by atoms with Crippen molar-refractivity contribution in [2.45, 2.75) is 27.0 Å². The van der Waals surface area contributed by atoms with Crippen molar-refractivity contribution >= 4 is 49.1 Å². The number of nitrogens with zero attached hydrogens (tertiary/aromatic N) is 3. The summed E-state index contributed by atoms with van der Waals surface area (Å²) in [4.78, 5) is 30.1. The van der Waals surface area contributed by atoms with Crippen LogP contribution in [0.1, 0.15) is 41.2 Å². The zero-order valence-corrected chi connectivity index (χ0v) is 22.9. The van der Waals surface area contributed by atoms with Gasteiger partial charge in [-0.1, -0.05) is 13.0 Å². The van der Waals surface area contributed by atoms with E-state index in [0.29, 0.717) is 44.7 Å². The molecule has 0 radical (unpaired) electrons. The lowest BCUT2D eigenvalue weighted by Crippen LogP contribution is -2.25. The minimum absolute atomic E-state index is 0.0784. The molecule has 6 rings (SSSR count). The minimum atomic E-state index is -3.72. The number of hydrogen-bond acceptors (Lipinski definition) is 7. The number of halogens is 1. The van der Waals surface area contributed by atoms with Crippen molar-refractivity contribution in [2.75, 3.05) is 17.6 Å². The molecule has 0 saturated carbocycles. The number of hydrogen-bond donors (Lipinski definition) is 0. The molecule has 9 nitrogen and oxygen atoms in total. The molecule has 0 saturated heterocycles. The van der Waals surface area contributed by atoms with E-state index in [1.54, 1.807) is 43.3 Å². The van der Waals surface area contributed by atoms with Gasteiger partial charge in [0.2, 0.25) is 10.0 Å². The van der Waals surface area contributed by atoms with Crippen LogP contribution in [0.25, 0.3) is 44.5 Å². The normalized spacial score (nSPS) is 12.7. The highest BCUT2D eigenvalue weighted by Gasteiger charge is 2.28. The second-order valence-corrected chi connectivity index (χ2v) is 11.7. The molecule has 4 heterocycles. The zero-order chi connectivity index (χ0) is 28.5. The number of anilines is 1. The molecule has 0 N–H and O–H groups in total.